The van der Waals surface area contributed by atoms with Crippen molar-refractivity contribution in [1.29, 1.82) is 0 Å². The molecule has 1 aliphatic carbocycles. The van der Waals surface area contributed by atoms with Gasteiger partial charge in [-0.3, -0.25) is 0 Å². The maximum absolute atomic E-state index is 9.56. The van der Waals surface area contributed by atoms with Gasteiger partial charge < -0.3 is 15.3 Å². The minimum atomic E-state index is -0.855. The van der Waals surface area contributed by atoms with Crippen molar-refractivity contribution in [2.24, 2.45) is 5.92 Å². The highest BCUT2D eigenvalue weighted by Gasteiger charge is 2.31. The predicted molar refractivity (Wildman–Crippen MR) is 41.1 cm³/mol. The average Bonchev–Trinajstić information content (AvgIpc) is 2.06. The summed E-state index contributed by atoms with van der Waals surface area (Å²) in [5.41, 5.74) is -0.855. The Hall–Kier alpha value is -0.120. The normalized spacial score (nSPS) is 39.0. The molecule has 0 radical (unpaired) electrons. The minimum Gasteiger partial charge on any atom is -0.396 e. The van der Waals surface area contributed by atoms with E-state index >= 15 is 0 Å². The van der Waals surface area contributed by atoms with E-state index in [4.69, 9.17) is 10.2 Å². The summed E-state index contributed by atoms with van der Waals surface area (Å²) >= 11 is 0. The van der Waals surface area contributed by atoms with Crippen LogP contribution in [0.25, 0.3) is 0 Å². The largest absolute Gasteiger partial charge is 0.396 e. The minimum absolute atomic E-state index is 0.148. The van der Waals surface area contributed by atoms with Crippen molar-refractivity contribution in [2.45, 2.75) is 31.3 Å². The smallest absolute Gasteiger partial charge is 0.0877 e. The van der Waals surface area contributed by atoms with Gasteiger partial charge >= 0.3 is 0 Å². The third-order valence-corrected chi connectivity index (χ3v) is 2.59. The zero-order valence-electron chi connectivity index (χ0n) is 6.66. The van der Waals surface area contributed by atoms with Crippen LogP contribution in [0.1, 0.15) is 25.7 Å². The van der Waals surface area contributed by atoms with Crippen LogP contribution in [0.3, 0.4) is 0 Å². The lowest BCUT2D eigenvalue weighted by Crippen LogP contribution is -2.38. The molecule has 0 amide bonds. The zero-order valence-corrected chi connectivity index (χ0v) is 6.66. The van der Waals surface area contributed by atoms with Crippen molar-refractivity contribution < 1.29 is 15.3 Å². The van der Waals surface area contributed by atoms with Crippen LogP contribution in [0.5, 0.6) is 0 Å². The summed E-state index contributed by atoms with van der Waals surface area (Å²) < 4.78 is 0. The Morgan fingerprint density at radius 3 is 2.09 bits per heavy atom. The van der Waals surface area contributed by atoms with Gasteiger partial charge in [0, 0.05) is 6.61 Å². The third-order valence-electron chi connectivity index (χ3n) is 2.59. The molecule has 0 atom stereocenters. The summed E-state index contributed by atoms with van der Waals surface area (Å²) in [6.07, 6.45) is 2.89. The van der Waals surface area contributed by atoms with Crippen molar-refractivity contribution in [3.8, 4) is 0 Å². The molecule has 66 valence electrons. The van der Waals surface area contributed by atoms with E-state index in [9.17, 15) is 5.11 Å². The van der Waals surface area contributed by atoms with Gasteiger partial charge in [0.2, 0.25) is 0 Å². The molecule has 3 nitrogen and oxygen atoms in total. The highest BCUT2D eigenvalue weighted by Crippen LogP contribution is 2.31. The molecule has 0 aromatic carbocycles. The van der Waals surface area contributed by atoms with E-state index in [2.05, 4.69) is 0 Å². The molecule has 0 bridgehead atoms. The fraction of sp³-hybridized carbons (Fsp3) is 1.00. The molecule has 1 saturated carbocycles. The molecular weight excluding hydrogens is 144 g/mol. The first-order chi connectivity index (χ1) is 5.20. The van der Waals surface area contributed by atoms with Crippen LogP contribution in [0.4, 0.5) is 0 Å². The van der Waals surface area contributed by atoms with Gasteiger partial charge in [0.25, 0.3) is 0 Å². The van der Waals surface area contributed by atoms with Crippen LogP contribution in [-0.4, -0.2) is 34.1 Å². The average molecular weight is 160 g/mol. The standard InChI is InChI=1S/C8H16O3/c9-5-7-1-3-8(11,6-10)4-2-7/h7,9-11H,1-6H2. The molecule has 0 heterocycles. The first-order valence-corrected chi connectivity index (χ1v) is 4.14. The SMILES string of the molecule is OCC1CCC(O)(CO)CC1. The Balaban J connectivity index is 2.35. The number of rotatable bonds is 2. The summed E-state index contributed by atoms with van der Waals surface area (Å²) in [6, 6.07) is 0. The van der Waals surface area contributed by atoms with E-state index < -0.39 is 5.60 Å². The van der Waals surface area contributed by atoms with Gasteiger partial charge in [0.1, 0.15) is 0 Å². The number of hydrogen-bond acceptors (Lipinski definition) is 3. The molecule has 3 heteroatoms. The molecule has 0 saturated heterocycles. The topological polar surface area (TPSA) is 60.7 Å². The zero-order chi connectivity index (χ0) is 8.32. The molecule has 1 fully saturated rings. The second-order valence-electron chi connectivity index (χ2n) is 3.51. The summed E-state index contributed by atoms with van der Waals surface area (Å²) in [4.78, 5) is 0. The summed E-state index contributed by atoms with van der Waals surface area (Å²) in [5, 5.41) is 27.1. The molecule has 0 aromatic rings. The van der Waals surface area contributed by atoms with Gasteiger partial charge in [-0.25, -0.2) is 0 Å². The van der Waals surface area contributed by atoms with E-state index in [0.717, 1.165) is 12.8 Å². The molecule has 1 aliphatic rings. The van der Waals surface area contributed by atoms with Crippen molar-refractivity contribution >= 4 is 0 Å². The van der Waals surface area contributed by atoms with E-state index in [-0.39, 0.29) is 13.2 Å². The van der Waals surface area contributed by atoms with Gasteiger partial charge in [-0.1, -0.05) is 0 Å². The van der Waals surface area contributed by atoms with Gasteiger partial charge in [-0.15, -0.1) is 0 Å². The second-order valence-corrected chi connectivity index (χ2v) is 3.51. The van der Waals surface area contributed by atoms with E-state index in [1.165, 1.54) is 0 Å². The monoisotopic (exact) mass is 160 g/mol. The summed E-state index contributed by atoms with van der Waals surface area (Å²) in [5.74, 6) is 0.335. The van der Waals surface area contributed by atoms with Crippen LogP contribution < -0.4 is 0 Å². The van der Waals surface area contributed by atoms with Crippen molar-refractivity contribution in [1.82, 2.24) is 0 Å². The van der Waals surface area contributed by atoms with Crippen molar-refractivity contribution in [3.63, 3.8) is 0 Å². The van der Waals surface area contributed by atoms with Crippen LogP contribution in [0, 0.1) is 5.92 Å². The van der Waals surface area contributed by atoms with Crippen LogP contribution in [0.2, 0.25) is 0 Å². The lowest BCUT2D eigenvalue weighted by Gasteiger charge is -2.33. The van der Waals surface area contributed by atoms with E-state index in [0.29, 0.717) is 18.8 Å². The quantitative estimate of drug-likeness (QED) is 0.528. The van der Waals surface area contributed by atoms with Gasteiger partial charge in [-0.05, 0) is 31.6 Å². The lowest BCUT2D eigenvalue weighted by molar-refractivity contribution is -0.0559. The molecule has 0 aromatic heterocycles. The fourth-order valence-electron chi connectivity index (χ4n) is 1.56. The Morgan fingerprint density at radius 1 is 1.18 bits per heavy atom. The number of aliphatic hydroxyl groups excluding tert-OH is 2. The Kier molecular flexibility index (Phi) is 2.87. The Labute approximate surface area is 66.7 Å². The molecule has 3 N–H and O–H groups in total. The molecule has 0 unspecified atom stereocenters. The van der Waals surface area contributed by atoms with Crippen LogP contribution >= 0.6 is 0 Å². The van der Waals surface area contributed by atoms with Gasteiger partial charge in [-0.2, -0.15) is 0 Å². The highest BCUT2D eigenvalue weighted by molar-refractivity contribution is 4.84. The van der Waals surface area contributed by atoms with Crippen LogP contribution in [-0.2, 0) is 0 Å². The highest BCUT2D eigenvalue weighted by atomic mass is 16.3. The number of hydrogen-bond donors (Lipinski definition) is 3. The molecular formula is C8H16O3. The second kappa shape index (κ2) is 3.52. The molecule has 11 heavy (non-hydrogen) atoms. The van der Waals surface area contributed by atoms with Crippen LogP contribution in [0.15, 0.2) is 0 Å². The van der Waals surface area contributed by atoms with Crippen molar-refractivity contribution in [3.05, 3.63) is 0 Å². The maximum Gasteiger partial charge on any atom is 0.0877 e. The molecule has 0 spiro atoms. The Bertz CT molecular complexity index is 117. The summed E-state index contributed by atoms with van der Waals surface area (Å²) in [7, 11) is 0. The van der Waals surface area contributed by atoms with E-state index in [1.54, 1.807) is 0 Å². The molecule has 0 aliphatic heterocycles. The van der Waals surface area contributed by atoms with Gasteiger partial charge in [0.05, 0.1) is 12.2 Å². The number of aliphatic hydroxyl groups is 3. The Morgan fingerprint density at radius 2 is 1.73 bits per heavy atom. The lowest BCUT2D eigenvalue weighted by atomic mass is 9.80. The third kappa shape index (κ3) is 2.15. The van der Waals surface area contributed by atoms with Crippen molar-refractivity contribution in [2.75, 3.05) is 13.2 Å². The first-order valence-electron chi connectivity index (χ1n) is 4.14. The fourth-order valence-corrected chi connectivity index (χ4v) is 1.56. The predicted octanol–water partition coefficient (Wildman–Crippen LogP) is -0.108. The van der Waals surface area contributed by atoms with Gasteiger partial charge in [0.15, 0.2) is 0 Å². The van der Waals surface area contributed by atoms with E-state index in [1.807, 2.05) is 0 Å². The molecule has 1 rings (SSSR count). The maximum atomic E-state index is 9.56. The summed E-state index contributed by atoms with van der Waals surface area (Å²) in [6.45, 7) is 0.0622. The first kappa shape index (κ1) is 8.97.